The fourth-order valence-electron chi connectivity index (χ4n) is 1.82. The predicted octanol–water partition coefficient (Wildman–Crippen LogP) is 3.15. The van der Waals surface area contributed by atoms with Gasteiger partial charge in [0.1, 0.15) is 6.61 Å². The van der Waals surface area contributed by atoms with Crippen LogP contribution in [0.1, 0.15) is 6.42 Å². The number of nitrogens with zero attached hydrogens (tertiary/aromatic N) is 1. The fourth-order valence-corrected chi connectivity index (χ4v) is 2.01. The number of halogens is 1. The first-order valence-corrected chi connectivity index (χ1v) is 6.57. The molecule has 0 aromatic heterocycles. The largest absolute Gasteiger partial charge is 0.445 e. The first-order chi connectivity index (χ1) is 9.13. The molecule has 0 aliphatic carbocycles. The first kappa shape index (κ1) is 13.9. The van der Waals surface area contributed by atoms with Crippen LogP contribution in [0.4, 0.5) is 10.5 Å². The summed E-state index contributed by atoms with van der Waals surface area (Å²) in [6, 6.07) is 6.97. The lowest BCUT2D eigenvalue weighted by Gasteiger charge is -2.21. The molecule has 0 spiro atoms. The van der Waals surface area contributed by atoms with E-state index in [1.165, 1.54) is 5.57 Å². The summed E-state index contributed by atoms with van der Waals surface area (Å²) in [4.78, 5) is 13.8. The topological polar surface area (TPSA) is 41.6 Å². The zero-order valence-corrected chi connectivity index (χ0v) is 11.6. The van der Waals surface area contributed by atoms with E-state index in [2.05, 4.69) is 23.3 Å². The van der Waals surface area contributed by atoms with Crippen molar-refractivity contribution in [1.82, 2.24) is 4.90 Å². The monoisotopic (exact) mass is 280 g/mol. The Morgan fingerprint density at radius 3 is 3.05 bits per heavy atom. The molecule has 102 valence electrons. The molecule has 5 heteroatoms. The molecule has 1 aliphatic rings. The van der Waals surface area contributed by atoms with Crippen molar-refractivity contribution in [3.05, 3.63) is 40.9 Å². The van der Waals surface area contributed by atoms with Crippen molar-refractivity contribution in [2.24, 2.45) is 0 Å². The van der Waals surface area contributed by atoms with Gasteiger partial charge in [-0.2, -0.15) is 0 Å². The van der Waals surface area contributed by atoms with Gasteiger partial charge in [0.2, 0.25) is 0 Å². The molecule has 1 N–H and O–H groups in total. The number of anilines is 1. The van der Waals surface area contributed by atoms with Crippen molar-refractivity contribution < 1.29 is 9.53 Å². The highest BCUT2D eigenvalue weighted by molar-refractivity contribution is 6.30. The zero-order chi connectivity index (χ0) is 13.7. The number of hydrogen-bond acceptors (Lipinski definition) is 3. The summed E-state index contributed by atoms with van der Waals surface area (Å²) in [5.41, 5.74) is 1.80. The Bertz CT molecular complexity index is 488. The molecule has 4 nitrogen and oxygen atoms in total. The molecule has 1 heterocycles. The van der Waals surface area contributed by atoms with Gasteiger partial charge in [0.05, 0.1) is 0 Å². The molecule has 0 bridgehead atoms. The lowest BCUT2D eigenvalue weighted by molar-refractivity contribution is 0.169. The molecule has 0 unspecified atom stereocenters. The molecule has 1 aromatic carbocycles. The number of amides is 1. The van der Waals surface area contributed by atoms with Crippen molar-refractivity contribution in [3.8, 4) is 0 Å². The third-order valence-electron chi connectivity index (χ3n) is 2.97. The van der Waals surface area contributed by atoms with Crippen LogP contribution in [0, 0.1) is 0 Å². The number of nitrogens with one attached hydrogen (secondary N) is 1. The molecule has 0 saturated carbocycles. The highest BCUT2D eigenvalue weighted by atomic mass is 35.5. The van der Waals surface area contributed by atoms with E-state index in [1.807, 2.05) is 0 Å². The number of rotatable bonds is 3. The SMILES string of the molecule is CN1CC=C(COC(=O)Nc2cccc(Cl)c2)CC1. The van der Waals surface area contributed by atoms with E-state index < -0.39 is 6.09 Å². The van der Waals surface area contributed by atoms with Gasteiger partial charge in [-0.05, 0) is 37.2 Å². The second-order valence-corrected chi connectivity index (χ2v) is 5.02. The summed E-state index contributed by atoms with van der Waals surface area (Å²) in [7, 11) is 2.07. The van der Waals surface area contributed by atoms with E-state index in [-0.39, 0.29) is 0 Å². The maximum atomic E-state index is 11.6. The van der Waals surface area contributed by atoms with Gasteiger partial charge in [-0.1, -0.05) is 23.7 Å². The molecule has 0 saturated heterocycles. The van der Waals surface area contributed by atoms with Gasteiger partial charge in [-0.25, -0.2) is 4.79 Å². The lowest BCUT2D eigenvalue weighted by atomic mass is 10.1. The van der Waals surface area contributed by atoms with Crippen LogP contribution in [-0.4, -0.2) is 37.7 Å². The van der Waals surface area contributed by atoms with Gasteiger partial charge in [0.25, 0.3) is 0 Å². The zero-order valence-electron chi connectivity index (χ0n) is 10.9. The molecular formula is C14H17ClN2O2. The van der Waals surface area contributed by atoms with Crippen molar-refractivity contribution in [2.75, 3.05) is 32.1 Å². The Morgan fingerprint density at radius 2 is 2.37 bits per heavy atom. The summed E-state index contributed by atoms with van der Waals surface area (Å²) >= 11 is 5.83. The predicted molar refractivity (Wildman–Crippen MR) is 76.6 cm³/mol. The van der Waals surface area contributed by atoms with Gasteiger partial charge < -0.3 is 9.64 Å². The Balaban J connectivity index is 1.79. The van der Waals surface area contributed by atoms with E-state index in [0.29, 0.717) is 17.3 Å². The van der Waals surface area contributed by atoms with Crippen molar-refractivity contribution in [1.29, 1.82) is 0 Å². The lowest BCUT2D eigenvalue weighted by Crippen LogP contribution is -2.26. The van der Waals surface area contributed by atoms with E-state index in [1.54, 1.807) is 24.3 Å². The van der Waals surface area contributed by atoms with E-state index in [0.717, 1.165) is 19.5 Å². The summed E-state index contributed by atoms with van der Waals surface area (Å²) in [5, 5.41) is 3.23. The van der Waals surface area contributed by atoms with Gasteiger partial charge in [-0.3, -0.25) is 5.32 Å². The average Bonchev–Trinajstić information content (AvgIpc) is 2.38. The normalized spacial score (nSPS) is 15.8. The van der Waals surface area contributed by atoms with Crippen LogP contribution >= 0.6 is 11.6 Å². The minimum absolute atomic E-state index is 0.347. The number of carbonyl (C=O) groups is 1. The van der Waals surface area contributed by atoms with Crippen LogP contribution in [0.3, 0.4) is 0 Å². The standard InChI is InChI=1S/C14H17ClN2O2/c1-17-7-5-11(6-8-17)10-19-14(18)16-13-4-2-3-12(15)9-13/h2-5,9H,6-8,10H2,1H3,(H,16,18). The van der Waals surface area contributed by atoms with Gasteiger partial charge in [0.15, 0.2) is 0 Å². The summed E-state index contributed by atoms with van der Waals surface area (Å²) in [6.07, 6.45) is 2.60. The minimum atomic E-state index is -0.456. The molecule has 0 radical (unpaired) electrons. The van der Waals surface area contributed by atoms with Crippen molar-refractivity contribution in [2.45, 2.75) is 6.42 Å². The second-order valence-electron chi connectivity index (χ2n) is 4.59. The molecule has 1 aliphatic heterocycles. The van der Waals surface area contributed by atoms with Gasteiger partial charge in [-0.15, -0.1) is 0 Å². The Labute approximate surface area is 118 Å². The highest BCUT2D eigenvalue weighted by Gasteiger charge is 2.10. The Kier molecular flexibility index (Phi) is 4.82. The van der Waals surface area contributed by atoms with Crippen LogP contribution in [0.2, 0.25) is 5.02 Å². The van der Waals surface area contributed by atoms with Crippen LogP contribution in [0.15, 0.2) is 35.9 Å². The number of benzene rings is 1. The molecule has 1 aromatic rings. The van der Waals surface area contributed by atoms with E-state index >= 15 is 0 Å². The average molecular weight is 281 g/mol. The van der Waals surface area contributed by atoms with Crippen LogP contribution in [-0.2, 0) is 4.74 Å². The molecule has 1 amide bonds. The summed E-state index contributed by atoms with van der Waals surface area (Å²) in [6.45, 7) is 2.26. The van der Waals surface area contributed by atoms with E-state index in [9.17, 15) is 4.79 Å². The van der Waals surface area contributed by atoms with Crippen LogP contribution in [0.25, 0.3) is 0 Å². The molecule has 0 fully saturated rings. The number of ether oxygens (including phenoxy) is 1. The number of likely N-dealkylation sites (N-methyl/N-ethyl adjacent to an activating group) is 1. The maximum absolute atomic E-state index is 11.6. The molecule has 0 atom stereocenters. The summed E-state index contributed by atoms with van der Waals surface area (Å²) in [5.74, 6) is 0. The third-order valence-corrected chi connectivity index (χ3v) is 3.20. The van der Waals surface area contributed by atoms with Crippen LogP contribution in [0.5, 0.6) is 0 Å². The molecular weight excluding hydrogens is 264 g/mol. The first-order valence-electron chi connectivity index (χ1n) is 6.19. The third kappa shape index (κ3) is 4.58. The minimum Gasteiger partial charge on any atom is -0.445 e. The van der Waals surface area contributed by atoms with Gasteiger partial charge in [0, 0.05) is 23.8 Å². The van der Waals surface area contributed by atoms with Crippen molar-refractivity contribution in [3.63, 3.8) is 0 Å². The quantitative estimate of drug-likeness (QED) is 0.865. The highest BCUT2D eigenvalue weighted by Crippen LogP contribution is 2.15. The summed E-state index contributed by atoms with van der Waals surface area (Å²) < 4.78 is 5.18. The molecule has 2 rings (SSSR count). The number of hydrogen-bond donors (Lipinski definition) is 1. The smallest absolute Gasteiger partial charge is 0.411 e. The second kappa shape index (κ2) is 6.59. The Morgan fingerprint density at radius 1 is 1.53 bits per heavy atom. The van der Waals surface area contributed by atoms with Crippen molar-refractivity contribution >= 4 is 23.4 Å². The maximum Gasteiger partial charge on any atom is 0.411 e. The molecule has 19 heavy (non-hydrogen) atoms. The number of carbonyl (C=O) groups excluding carboxylic acids is 1. The fraction of sp³-hybridized carbons (Fsp3) is 0.357. The van der Waals surface area contributed by atoms with E-state index in [4.69, 9.17) is 16.3 Å². The van der Waals surface area contributed by atoms with Gasteiger partial charge >= 0.3 is 6.09 Å². The van der Waals surface area contributed by atoms with Crippen LogP contribution < -0.4 is 5.32 Å². The Hall–Kier alpha value is -1.52.